The van der Waals surface area contributed by atoms with Gasteiger partial charge in [-0.1, -0.05) is 18.2 Å². The number of para-hydroxylation sites is 1. The first-order chi connectivity index (χ1) is 16.7. The first-order valence-corrected chi connectivity index (χ1v) is 12.0. The molecule has 0 radical (unpaired) electrons. The molecule has 9 heteroatoms. The van der Waals surface area contributed by atoms with Crippen LogP contribution in [0.4, 0.5) is 5.82 Å². The van der Waals surface area contributed by atoms with Gasteiger partial charge in [0.2, 0.25) is 6.79 Å². The number of ether oxygens (including phenoxy) is 2. The Morgan fingerprint density at radius 1 is 1.09 bits per heavy atom. The zero-order valence-corrected chi connectivity index (χ0v) is 19.6. The SMILES string of the molecule is CNC(=O)c1ccnc2c(C(CNc3cc(-c4ccc5c(c4)OCO5)ncn3)SC)cccc12. The smallest absolute Gasteiger partial charge is 0.251 e. The second-order valence-corrected chi connectivity index (χ2v) is 8.68. The van der Waals surface area contributed by atoms with Crippen molar-refractivity contribution in [3.8, 4) is 22.8 Å². The van der Waals surface area contributed by atoms with E-state index in [0.717, 1.165) is 39.3 Å². The summed E-state index contributed by atoms with van der Waals surface area (Å²) in [7, 11) is 1.63. The minimum absolute atomic E-state index is 0.0973. The van der Waals surface area contributed by atoms with Crippen molar-refractivity contribution in [3.63, 3.8) is 0 Å². The summed E-state index contributed by atoms with van der Waals surface area (Å²) in [5, 5.41) is 7.07. The molecule has 2 aromatic heterocycles. The molecule has 1 amide bonds. The maximum absolute atomic E-state index is 12.3. The average Bonchev–Trinajstić information content (AvgIpc) is 3.36. The monoisotopic (exact) mass is 473 g/mol. The van der Waals surface area contributed by atoms with Crippen molar-refractivity contribution >= 4 is 34.4 Å². The van der Waals surface area contributed by atoms with Gasteiger partial charge in [-0.05, 0) is 36.1 Å². The van der Waals surface area contributed by atoms with Crippen LogP contribution in [0.15, 0.2) is 61.1 Å². The summed E-state index contributed by atoms with van der Waals surface area (Å²) in [6.07, 6.45) is 5.29. The van der Waals surface area contributed by atoms with Crippen molar-refractivity contribution in [2.24, 2.45) is 0 Å². The summed E-state index contributed by atoms with van der Waals surface area (Å²) in [5.41, 5.74) is 4.22. The molecule has 0 saturated carbocycles. The van der Waals surface area contributed by atoms with Crippen molar-refractivity contribution in [1.29, 1.82) is 0 Å². The number of anilines is 1. The fourth-order valence-corrected chi connectivity index (χ4v) is 4.67. The van der Waals surface area contributed by atoms with E-state index in [4.69, 9.17) is 9.47 Å². The quantitative estimate of drug-likeness (QED) is 0.410. The van der Waals surface area contributed by atoms with Crippen molar-refractivity contribution in [2.75, 3.05) is 32.0 Å². The molecule has 1 atom stereocenters. The Morgan fingerprint density at radius 3 is 2.82 bits per heavy atom. The average molecular weight is 474 g/mol. The van der Waals surface area contributed by atoms with Gasteiger partial charge in [0.05, 0.1) is 16.8 Å². The van der Waals surface area contributed by atoms with Crippen LogP contribution < -0.4 is 20.1 Å². The number of benzene rings is 2. The third-order valence-electron chi connectivity index (χ3n) is 5.71. The lowest BCUT2D eigenvalue weighted by molar-refractivity contribution is 0.0964. The number of carbonyl (C=O) groups is 1. The fraction of sp³-hybridized carbons (Fsp3) is 0.200. The maximum atomic E-state index is 12.3. The number of nitrogens with one attached hydrogen (secondary N) is 2. The Bertz CT molecular complexity index is 1360. The molecule has 3 heterocycles. The van der Waals surface area contributed by atoms with Crippen molar-refractivity contribution in [3.05, 3.63) is 72.2 Å². The van der Waals surface area contributed by atoms with Crippen LogP contribution in [-0.4, -0.2) is 47.5 Å². The van der Waals surface area contributed by atoms with Crippen molar-refractivity contribution in [2.45, 2.75) is 5.25 Å². The van der Waals surface area contributed by atoms with E-state index in [1.807, 2.05) is 36.4 Å². The molecule has 0 bridgehead atoms. The van der Waals surface area contributed by atoms with Crippen molar-refractivity contribution in [1.82, 2.24) is 20.3 Å². The largest absolute Gasteiger partial charge is 0.454 e. The van der Waals surface area contributed by atoms with E-state index in [9.17, 15) is 4.79 Å². The van der Waals surface area contributed by atoms with Crippen molar-refractivity contribution < 1.29 is 14.3 Å². The van der Waals surface area contributed by atoms with E-state index in [0.29, 0.717) is 17.9 Å². The summed E-state index contributed by atoms with van der Waals surface area (Å²) >= 11 is 1.71. The van der Waals surface area contributed by atoms with E-state index in [1.165, 1.54) is 0 Å². The highest BCUT2D eigenvalue weighted by atomic mass is 32.2. The number of thioether (sulfide) groups is 1. The standard InChI is InChI=1S/C25H23N5O3S/c1-26-25(31)17-8-9-27-24-16(17)4-3-5-18(24)22(34-2)12-28-23-11-19(29-13-30-23)15-6-7-20-21(10-15)33-14-32-20/h3-11,13,22H,12,14H2,1-2H3,(H,26,31)(H,28,29,30). The van der Waals surface area contributed by atoms with Gasteiger partial charge in [-0.2, -0.15) is 11.8 Å². The number of fused-ring (bicyclic) bond motifs is 2. The molecule has 2 aromatic carbocycles. The second-order valence-electron chi connectivity index (χ2n) is 7.64. The lowest BCUT2D eigenvalue weighted by Gasteiger charge is -2.18. The Kier molecular flexibility index (Phi) is 6.18. The van der Waals surface area contributed by atoms with Crippen LogP contribution in [-0.2, 0) is 0 Å². The van der Waals surface area contributed by atoms with Crippen LogP contribution in [0.1, 0.15) is 21.2 Å². The molecule has 1 aliphatic heterocycles. The highest BCUT2D eigenvalue weighted by Crippen LogP contribution is 2.36. The molecule has 0 aliphatic carbocycles. The lowest BCUT2D eigenvalue weighted by Crippen LogP contribution is -2.18. The molecule has 0 spiro atoms. The van der Waals surface area contributed by atoms with E-state index in [2.05, 4.69) is 37.9 Å². The van der Waals surface area contributed by atoms with Gasteiger partial charge >= 0.3 is 0 Å². The summed E-state index contributed by atoms with van der Waals surface area (Å²) in [6.45, 7) is 0.864. The Balaban J connectivity index is 1.38. The number of nitrogens with zero attached hydrogens (tertiary/aromatic N) is 3. The van der Waals surface area contributed by atoms with Gasteiger partial charge in [-0.3, -0.25) is 9.78 Å². The summed E-state index contributed by atoms with van der Waals surface area (Å²) in [5.74, 6) is 2.05. The number of hydrogen-bond donors (Lipinski definition) is 2. The lowest BCUT2D eigenvalue weighted by atomic mass is 10.0. The molecule has 34 heavy (non-hydrogen) atoms. The first-order valence-electron chi connectivity index (χ1n) is 10.8. The maximum Gasteiger partial charge on any atom is 0.251 e. The molecule has 1 aliphatic rings. The normalized spacial score (nSPS) is 13.0. The van der Waals surface area contributed by atoms with E-state index < -0.39 is 0 Å². The van der Waals surface area contributed by atoms with Crippen LogP contribution in [0.25, 0.3) is 22.2 Å². The van der Waals surface area contributed by atoms with Gasteiger partial charge in [0, 0.05) is 42.1 Å². The fourth-order valence-electron chi connectivity index (χ4n) is 3.98. The molecule has 8 nitrogen and oxygen atoms in total. The Hall–Kier alpha value is -3.85. The highest BCUT2D eigenvalue weighted by Gasteiger charge is 2.18. The van der Waals surface area contributed by atoms with Crippen LogP contribution in [0.2, 0.25) is 0 Å². The number of hydrogen-bond acceptors (Lipinski definition) is 8. The highest BCUT2D eigenvalue weighted by molar-refractivity contribution is 7.98. The molecule has 0 fully saturated rings. The number of aromatic nitrogens is 3. The molecular formula is C25H23N5O3S. The second kappa shape index (κ2) is 9.56. The zero-order chi connectivity index (χ0) is 23.5. The summed E-state index contributed by atoms with van der Waals surface area (Å²) < 4.78 is 10.9. The molecule has 0 saturated heterocycles. The van der Waals surface area contributed by atoms with Crippen LogP contribution >= 0.6 is 11.8 Å². The Morgan fingerprint density at radius 2 is 1.97 bits per heavy atom. The molecule has 2 N–H and O–H groups in total. The van der Waals surface area contributed by atoms with Gasteiger partial charge in [-0.15, -0.1) is 0 Å². The number of pyridine rings is 1. The van der Waals surface area contributed by atoms with Crippen LogP contribution in [0.3, 0.4) is 0 Å². The number of amides is 1. The third-order valence-corrected chi connectivity index (χ3v) is 6.70. The molecule has 172 valence electrons. The van der Waals surface area contributed by atoms with Gasteiger partial charge in [-0.25, -0.2) is 9.97 Å². The molecular weight excluding hydrogens is 450 g/mol. The van der Waals surface area contributed by atoms with Gasteiger partial charge in [0.25, 0.3) is 5.91 Å². The van der Waals surface area contributed by atoms with E-state index in [1.54, 1.807) is 37.4 Å². The third kappa shape index (κ3) is 4.22. The van der Waals surface area contributed by atoms with Crippen LogP contribution in [0.5, 0.6) is 11.5 Å². The molecule has 1 unspecified atom stereocenters. The topological polar surface area (TPSA) is 98.3 Å². The predicted octanol–water partition coefficient (Wildman–Crippen LogP) is 4.30. The Labute approximate surface area is 201 Å². The van der Waals surface area contributed by atoms with E-state index >= 15 is 0 Å². The number of carbonyl (C=O) groups excluding carboxylic acids is 1. The first kappa shape index (κ1) is 22.0. The molecule has 4 aromatic rings. The predicted molar refractivity (Wildman–Crippen MR) is 133 cm³/mol. The van der Waals surface area contributed by atoms with Gasteiger partial charge in [0.15, 0.2) is 11.5 Å². The van der Waals surface area contributed by atoms with E-state index in [-0.39, 0.29) is 18.0 Å². The molecule has 5 rings (SSSR count). The minimum atomic E-state index is -0.125. The van der Waals surface area contributed by atoms with Gasteiger partial charge < -0.3 is 20.1 Å². The minimum Gasteiger partial charge on any atom is -0.454 e. The van der Waals surface area contributed by atoms with Gasteiger partial charge in [0.1, 0.15) is 12.1 Å². The summed E-state index contributed by atoms with van der Waals surface area (Å²) in [6, 6.07) is 15.4. The summed E-state index contributed by atoms with van der Waals surface area (Å²) in [4.78, 5) is 25.7. The van der Waals surface area contributed by atoms with Crippen LogP contribution in [0, 0.1) is 0 Å². The number of rotatable bonds is 7. The zero-order valence-electron chi connectivity index (χ0n) is 18.7.